The third kappa shape index (κ3) is 6.94. The van der Waals surface area contributed by atoms with Gasteiger partial charge in [-0.15, -0.1) is 0 Å². The maximum Gasteiger partial charge on any atom is 0.416 e. The highest BCUT2D eigenvalue weighted by Crippen LogP contribution is 2.66. The quantitative estimate of drug-likeness (QED) is 0.195. The minimum absolute atomic E-state index is 0.0772. The first kappa shape index (κ1) is 39.9. The summed E-state index contributed by atoms with van der Waals surface area (Å²) in [6, 6.07) is 7.13. The third-order valence-electron chi connectivity index (χ3n) is 13.6. The topological polar surface area (TPSA) is 83.5 Å². The van der Waals surface area contributed by atoms with E-state index >= 15 is 0 Å². The third-order valence-corrected chi connectivity index (χ3v) is 13.6. The first-order chi connectivity index (χ1) is 25.7. The highest BCUT2D eigenvalue weighted by Gasteiger charge is 2.77. The van der Waals surface area contributed by atoms with Gasteiger partial charge in [0, 0.05) is 23.3 Å². The van der Waals surface area contributed by atoms with Gasteiger partial charge in [-0.05, 0) is 113 Å². The molecule has 7 atom stereocenters. The van der Waals surface area contributed by atoms with E-state index in [4.69, 9.17) is 23.7 Å². The van der Waals surface area contributed by atoms with E-state index in [1.165, 1.54) is 19.1 Å². The van der Waals surface area contributed by atoms with Crippen LogP contribution in [0, 0.1) is 28.0 Å². The van der Waals surface area contributed by atoms with Gasteiger partial charge in [0.25, 0.3) is 0 Å². The van der Waals surface area contributed by atoms with Crippen LogP contribution in [0.5, 0.6) is 0 Å². The number of esters is 2. The van der Waals surface area contributed by atoms with Crippen LogP contribution in [0.4, 0.5) is 30.7 Å². The minimum Gasteiger partial charge on any atom is -0.446 e. The zero-order valence-corrected chi connectivity index (χ0v) is 31.2. The van der Waals surface area contributed by atoms with E-state index < -0.39 is 87.7 Å². The smallest absolute Gasteiger partial charge is 0.416 e. The Morgan fingerprint density at radius 3 is 2.09 bits per heavy atom. The molecule has 5 aliphatic rings. The van der Waals surface area contributed by atoms with Crippen molar-refractivity contribution in [1.29, 1.82) is 0 Å². The molecule has 2 aromatic carbocycles. The number of carbonyl (C=O) groups excluding carboxylic acids is 2. The number of piperidine rings is 1. The number of halogens is 7. The van der Waals surface area contributed by atoms with Crippen molar-refractivity contribution in [3.8, 4) is 0 Å². The normalized spacial score (nSPS) is 32.5. The highest BCUT2D eigenvalue weighted by atomic mass is 19.4. The summed E-state index contributed by atoms with van der Waals surface area (Å²) in [5.41, 5.74) is -5.88. The van der Waals surface area contributed by atoms with Crippen LogP contribution in [-0.2, 0) is 45.6 Å². The Kier molecular flexibility index (Phi) is 10.2. The molecule has 2 aromatic rings. The number of hydrogen-bond donors (Lipinski definition) is 0. The molecule has 5 fully saturated rings. The molecule has 0 aromatic heterocycles. The molecule has 7 rings (SSSR count). The van der Waals surface area contributed by atoms with Gasteiger partial charge in [-0.2, -0.15) is 26.3 Å². The van der Waals surface area contributed by atoms with Gasteiger partial charge in [-0.3, -0.25) is 4.79 Å². The number of fused-ring (bicyclic) bond motifs is 2. The second-order valence-corrected chi connectivity index (χ2v) is 16.7. The molecule has 0 N–H and O–H groups in total. The monoisotopic (exact) mass is 785 g/mol. The SMILES string of the molecule is C[C@@H](O[C@H]1OCC[C@@H](CN2CCC3(CCOC3OC(=O)[C@@]34CC[C@@](C)(C(=O)O3)C4(C)C)CC2)[C@@H]1c1ccc(F)cc1)c1cc(C(F)(F)F)cc(C(F)(F)F)c1. The Morgan fingerprint density at radius 2 is 1.53 bits per heavy atom. The molecule has 4 saturated heterocycles. The Bertz CT molecular complexity index is 1740. The van der Waals surface area contributed by atoms with E-state index in [0.29, 0.717) is 82.5 Å². The standard InChI is InChI=1S/C40H46F7NO7/c1-23(26-19-27(39(42,43)44)21-28(20-26)40(45,46)47)53-31-30(24-5-7-29(41)8-6-24)25(9-17-51-31)22-48-15-12-37(13-16-48)14-18-52-34(37)54-33(50)38-11-10-36(4,32(49)55-38)35(38,2)3/h5-8,19-21,23,25,30-31,34H,9-18,22H2,1-4H3/t23-,25+,30+,31-,34?,36+,38-/m1/s1. The molecule has 1 saturated carbocycles. The van der Waals surface area contributed by atoms with E-state index in [1.807, 2.05) is 20.8 Å². The van der Waals surface area contributed by atoms with Crippen molar-refractivity contribution in [3.05, 3.63) is 70.5 Å². The summed E-state index contributed by atoms with van der Waals surface area (Å²) in [6.45, 7) is 9.39. The molecule has 2 bridgehead atoms. The molecule has 302 valence electrons. The molecule has 1 unspecified atom stereocenters. The van der Waals surface area contributed by atoms with Gasteiger partial charge in [0.1, 0.15) is 5.82 Å². The molecule has 4 aliphatic heterocycles. The van der Waals surface area contributed by atoms with Crippen LogP contribution >= 0.6 is 0 Å². The molecule has 1 aliphatic carbocycles. The molecule has 15 heteroatoms. The van der Waals surface area contributed by atoms with Crippen molar-refractivity contribution in [2.75, 3.05) is 32.8 Å². The van der Waals surface area contributed by atoms with Gasteiger partial charge in [-0.1, -0.05) is 26.0 Å². The summed E-state index contributed by atoms with van der Waals surface area (Å²) in [6.07, 6.45) is -9.65. The molecule has 55 heavy (non-hydrogen) atoms. The number of ether oxygens (including phenoxy) is 5. The number of rotatable bonds is 8. The van der Waals surface area contributed by atoms with Gasteiger partial charge in [-0.25, -0.2) is 9.18 Å². The Morgan fingerprint density at radius 1 is 0.891 bits per heavy atom. The summed E-state index contributed by atoms with van der Waals surface area (Å²) in [7, 11) is 0. The molecular formula is C40H46F7NO7. The van der Waals surface area contributed by atoms with E-state index in [9.17, 15) is 40.3 Å². The van der Waals surface area contributed by atoms with Crippen LogP contribution < -0.4 is 0 Å². The predicted octanol–water partition coefficient (Wildman–Crippen LogP) is 8.58. The number of alkyl halides is 6. The second-order valence-electron chi connectivity index (χ2n) is 16.7. The van der Waals surface area contributed by atoms with Gasteiger partial charge in [0.15, 0.2) is 6.29 Å². The fourth-order valence-corrected chi connectivity index (χ4v) is 9.49. The fraction of sp³-hybridized carbons (Fsp3) is 0.650. The average Bonchev–Trinajstić information content (AvgIpc) is 3.64. The van der Waals surface area contributed by atoms with Crippen molar-refractivity contribution in [2.24, 2.45) is 22.2 Å². The van der Waals surface area contributed by atoms with Crippen LogP contribution in [0.15, 0.2) is 42.5 Å². The van der Waals surface area contributed by atoms with Crippen LogP contribution in [0.3, 0.4) is 0 Å². The van der Waals surface area contributed by atoms with Crippen molar-refractivity contribution in [1.82, 2.24) is 4.90 Å². The molecular weight excluding hydrogens is 739 g/mol. The lowest BCUT2D eigenvalue weighted by atomic mass is 9.66. The molecule has 0 amide bonds. The largest absolute Gasteiger partial charge is 0.446 e. The predicted molar refractivity (Wildman–Crippen MR) is 181 cm³/mol. The first-order valence-corrected chi connectivity index (χ1v) is 18.8. The maximum atomic E-state index is 14.1. The van der Waals surface area contributed by atoms with Crippen molar-refractivity contribution < 1.29 is 64.0 Å². The number of hydrogen-bond acceptors (Lipinski definition) is 8. The zero-order valence-electron chi connectivity index (χ0n) is 31.2. The summed E-state index contributed by atoms with van der Waals surface area (Å²) < 4.78 is 126. The summed E-state index contributed by atoms with van der Waals surface area (Å²) in [4.78, 5) is 28.9. The van der Waals surface area contributed by atoms with Crippen LogP contribution in [0.2, 0.25) is 0 Å². The molecule has 8 nitrogen and oxygen atoms in total. The first-order valence-electron chi connectivity index (χ1n) is 18.8. The highest BCUT2D eigenvalue weighted by molar-refractivity contribution is 5.93. The van der Waals surface area contributed by atoms with Crippen molar-refractivity contribution in [3.63, 3.8) is 0 Å². The fourth-order valence-electron chi connectivity index (χ4n) is 9.49. The number of carbonyl (C=O) groups is 2. The van der Waals surface area contributed by atoms with Crippen LogP contribution in [-0.4, -0.2) is 67.9 Å². The van der Waals surface area contributed by atoms with Gasteiger partial charge >= 0.3 is 24.3 Å². The van der Waals surface area contributed by atoms with Crippen LogP contribution in [0.1, 0.15) is 100 Å². The molecule has 4 heterocycles. The Labute approximate surface area is 314 Å². The van der Waals surface area contributed by atoms with E-state index in [1.54, 1.807) is 12.1 Å². The lowest BCUT2D eigenvalue weighted by molar-refractivity contribution is -0.218. The van der Waals surface area contributed by atoms with E-state index in [0.717, 1.165) is 0 Å². The lowest BCUT2D eigenvalue weighted by Crippen LogP contribution is -2.53. The van der Waals surface area contributed by atoms with Crippen molar-refractivity contribution in [2.45, 2.75) is 109 Å². The van der Waals surface area contributed by atoms with E-state index in [-0.39, 0.29) is 24.2 Å². The van der Waals surface area contributed by atoms with Crippen LogP contribution in [0.25, 0.3) is 0 Å². The lowest BCUT2D eigenvalue weighted by Gasteiger charge is -2.45. The summed E-state index contributed by atoms with van der Waals surface area (Å²) >= 11 is 0. The zero-order chi connectivity index (χ0) is 39.8. The number of likely N-dealkylation sites (tertiary alicyclic amines) is 1. The minimum atomic E-state index is -5.02. The number of nitrogens with zero attached hydrogens (tertiary/aromatic N) is 1. The average molecular weight is 786 g/mol. The van der Waals surface area contributed by atoms with E-state index in [2.05, 4.69) is 4.90 Å². The summed E-state index contributed by atoms with van der Waals surface area (Å²) in [5, 5.41) is 0. The Balaban J connectivity index is 1.05. The van der Waals surface area contributed by atoms with Crippen molar-refractivity contribution >= 4 is 11.9 Å². The second kappa shape index (κ2) is 14.0. The maximum absolute atomic E-state index is 14.1. The van der Waals surface area contributed by atoms with Gasteiger partial charge in [0.2, 0.25) is 11.9 Å². The Hall–Kier alpha value is -3.27. The molecule has 0 radical (unpaired) electrons. The summed E-state index contributed by atoms with van der Waals surface area (Å²) in [5.74, 6) is -2.11. The number of benzene rings is 2. The molecule has 1 spiro atoms. The van der Waals surface area contributed by atoms with Gasteiger partial charge < -0.3 is 28.6 Å². The van der Waals surface area contributed by atoms with Gasteiger partial charge in [0.05, 0.1) is 35.9 Å².